The van der Waals surface area contributed by atoms with Crippen molar-refractivity contribution in [3.05, 3.63) is 64.4 Å². The molecule has 0 heterocycles. The van der Waals surface area contributed by atoms with Crippen LogP contribution in [0.2, 0.25) is 5.02 Å². The monoisotopic (exact) mass is 551 g/mol. The van der Waals surface area contributed by atoms with Gasteiger partial charge in [0.1, 0.15) is 18.4 Å². The Balaban J connectivity index is 2.50. The fourth-order valence-electron chi connectivity index (χ4n) is 3.26. The molecule has 2 aromatic rings. The molecule has 2 amide bonds. The van der Waals surface area contributed by atoms with E-state index in [0.29, 0.717) is 35.7 Å². The van der Waals surface area contributed by atoms with E-state index in [1.54, 1.807) is 0 Å². The van der Waals surface area contributed by atoms with Crippen LogP contribution in [0.5, 0.6) is 0 Å². The van der Waals surface area contributed by atoms with E-state index < -0.39 is 57.7 Å². The molecule has 0 aromatic heterocycles. The minimum absolute atomic E-state index is 0.0593. The molecular formula is C23H26ClF4N3O4S. The third-order valence-corrected chi connectivity index (χ3v) is 6.68. The number of nitrogens with one attached hydrogen (secondary N) is 1. The highest BCUT2D eigenvalue weighted by atomic mass is 35.5. The van der Waals surface area contributed by atoms with Crippen LogP contribution in [0.1, 0.15) is 31.4 Å². The largest absolute Gasteiger partial charge is 0.416 e. The van der Waals surface area contributed by atoms with Crippen LogP contribution in [0, 0.1) is 5.82 Å². The number of nitrogens with zero attached hydrogens (tertiary/aromatic N) is 2. The molecule has 0 aliphatic carbocycles. The number of hydrogen-bond acceptors (Lipinski definition) is 4. The summed E-state index contributed by atoms with van der Waals surface area (Å²) < 4.78 is 79.6. The Kier molecular flexibility index (Phi) is 9.72. The zero-order chi connectivity index (χ0) is 27.3. The smallest absolute Gasteiger partial charge is 0.354 e. The lowest BCUT2D eigenvalue weighted by Gasteiger charge is -2.32. The van der Waals surface area contributed by atoms with E-state index in [-0.39, 0.29) is 17.1 Å². The minimum atomic E-state index is -4.80. The number of halogens is 5. The van der Waals surface area contributed by atoms with Gasteiger partial charge in [-0.2, -0.15) is 13.2 Å². The summed E-state index contributed by atoms with van der Waals surface area (Å²) in [6, 6.07) is 6.43. The Morgan fingerprint density at radius 3 is 2.33 bits per heavy atom. The van der Waals surface area contributed by atoms with Gasteiger partial charge < -0.3 is 10.2 Å². The summed E-state index contributed by atoms with van der Waals surface area (Å²) in [6.45, 7) is 2.14. The average molecular weight is 552 g/mol. The molecule has 0 unspecified atom stereocenters. The van der Waals surface area contributed by atoms with E-state index in [0.717, 1.165) is 17.0 Å². The van der Waals surface area contributed by atoms with Crippen LogP contribution in [-0.4, -0.2) is 50.5 Å². The first-order valence-corrected chi connectivity index (χ1v) is 13.0. The average Bonchev–Trinajstić information content (AvgIpc) is 2.79. The summed E-state index contributed by atoms with van der Waals surface area (Å²) in [7, 11) is -4.31. The van der Waals surface area contributed by atoms with E-state index in [2.05, 4.69) is 5.32 Å². The molecule has 0 aliphatic rings. The maximum absolute atomic E-state index is 14.3. The van der Waals surface area contributed by atoms with E-state index in [1.807, 2.05) is 6.92 Å². The molecule has 1 atom stereocenters. The first kappa shape index (κ1) is 29.4. The topological polar surface area (TPSA) is 86.8 Å². The molecule has 0 saturated carbocycles. The van der Waals surface area contributed by atoms with Gasteiger partial charge >= 0.3 is 6.18 Å². The van der Waals surface area contributed by atoms with Crippen molar-refractivity contribution in [1.29, 1.82) is 0 Å². The van der Waals surface area contributed by atoms with E-state index in [9.17, 15) is 35.6 Å². The molecule has 1 N–H and O–H groups in total. The van der Waals surface area contributed by atoms with Gasteiger partial charge in [-0.25, -0.2) is 12.8 Å². The molecule has 2 aromatic carbocycles. The van der Waals surface area contributed by atoms with Crippen LogP contribution >= 0.6 is 11.6 Å². The highest BCUT2D eigenvalue weighted by Gasteiger charge is 2.34. The van der Waals surface area contributed by atoms with Crippen molar-refractivity contribution >= 4 is 39.1 Å². The van der Waals surface area contributed by atoms with Crippen LogP contribution in [0.4, 0.5) is 23.2 Å². The number of carbonyl (C=O) groups is 2. The molecule has 0 bridgehead atoms. The summed E-state index contributed by atoms with van der Waals surface area (Å²) in [4.78, 5) is 26.9. The summed E-state index contributed by atoms with van der Waals surface area (Å²) >= 11 is 6.02. The number of hydrogen-bond donors (Lipinski definition) is 1. The van der Waals surface area contributed by atoms with Crippen molar-refractivity contribution in [3.8, 4) is 0 Å². The Bertz CT molecular complexity index is 1210. The molecule has 0 saturated heterocycles. The van der Waals surface area contributed by atoms with Crippen LogP contribution in [-0.2, 0) is 32.3 Å². The molecular weight excluding hydrogens is 526 g/mol. The van der Waals surface area contributed by atoms with E-state index in [1.165, 1.54) is 25.1 Å². The van der Waals surface area contributed by atoms with Crippen molar-refractivity contribution < 1.29 is 35.6 Å². The number of rotatable bonds is 10. The Morgan fingerprint density at radius 2 is 1.78 bits per heavy atom. The number of amides is 2. The highest BCUT2D eigenvalue weighted by molar-refractivity contribution is 7.92. The van der Waals surface area contributed by atoms with E-state index in [4.69, 9.17) is 11.6 Å². The molecule has 36 heavy (non-hydrogen) atoms. The predicted octanol–water partition coefficient (Wildman–Crippen LogP) is 4.21. The molecule has 13 heteroatoms. The quantitative estimate of drug-likeness (QED) is 0.448. The van der Waals surface area contributed by atoms with Crippen LogP contribution in [0.15, 0.2) is 42.5 Å². The summed E-state index contributed by atoms with van der Waals surface area (Å²) in [6.07, 6.45) is -3.49. The summed E-state index contributed by atoms with van der Waals surface area (Å²) in [5.41, 5.74) is -1.67. The van der Waals surface area contributed by atoms with Crippen molar-refractivity contribution in [2.24, 2.45) is 0 Å². The first-order valence-electron chi connectivity index (χ1n) is 10.8. The van der Waals surface area contributed by atoms with Crippen LogP contribution in [0.25, 0.3) is 0 Å². The lowest BCUT2D eigenvalue weighted by atomic mass is 10.1. The Hall–Kier alpha value is -2.86. The number of carbonyl (C=O) groups excluding carboxylic acids is 2. The molecule has 0 fully saturated rings. The molecule has 0 spiro atoms. The van der Waals surface area contributed by atoms with Crippen molar-refractivity contribution in [3.63, 3.8) is 0 Å². The molecule has 0 radical (unpaired) electrons. The predicted molar refractivity (Wildman–Crippen MR) is 128 cm³/mol. The summed E-state index contributed by atoms with van der Waals surface area (Å²) in [5.74, 6) is -2.17. The van der Waals surface area contributed by atoms with E-state index >= 15 is 0 Å². The number of anilines is 1. The van der Waals surface area contributed by atoms with Gasteiger partial charge in [-0.15, -0.1) is 0 Å². The van der Waals surface area contributed by atoms with Gasteiger partial charge in [0.2, 0.25) is 21.8 Å². The van der Waals surface area contributed by atoms with Gasteiger partial charge in [-0.05, 0) is 37.6 Å². The number of benzene rings is 2. The third kappa shape index (κ3) is 7.57. The van der Waals surface area contributed by atoms with Crippen molar-refractivity contribution in [2.75, 3.05) is 23.7 Å². The molecule has 198 valence electrons. The second kappa shape index (κ2) is 11.9. The van der Waals surface area contributed by atoms with Gasteiger partial charge in [0.25, 0.3) is 0 Å². The fourth-order valence-corrected chi connectivity index (χ4v) is 4.39. The number of sulfonamides is 1. The lowest BCUT2D eigenvalue weighted by molar-refractivity contribution is -0.139. The zero-order valence-electron chi connectivity index (χ0n) is 19.8. The maximum Gasteiger partial charge on any atom is 0.416 e. The van der Waals surface area contributed by atoms with Gasteiger partial charge in [0.05, 0.1) is 22.5 Å². The first-order chi connectivity index (χ1) is 16.7. The van der Waals surface area contributed by atoms with Gasteiger partial charge in [-0.1, -0.05) is 36.7 Å². The van der Waals surface area contributed by atoms with Gasteiger partial charge in [0, 0.05) is 18.7 Å². The molecule has 7 nitrogen and oxygen atoms in total. The zero-order valence-corrected chi connectivity index (χ0v) is 21.3. The summed E-state index contributed by atoms with van der Waals surface area (Å²) in [5, 5.41) is 2.27. The second-order valence-electron chi connectivity index (χ2n) is 8.01. The third-order valence-electron chi connectivity index (χ3n) is 5.24. The van der Waals surface area contributed by atoms with Crippen LogP contribution in [0.3, 0.4) is 0 Å². The van der Waals surface area contributed by atoms with Gasteiger partial charge in [-0.3, -0.25) is 13.9 Å². The minimum Gasteiger partial charge on any atom is -0.354 e. The second-order valence-corrected chi connectivity index (χ2v) is 10.3. The van der Waals surface area contributed by atoms with Crippen LogP contribution < -0.4 is 9.62 Å². The standard InChI is InChI=1S/C23H26ClF4N3O4S/c1-4-11-29-22(33)15(2)30(13-16-7-5-6-8-19(16)25)21(32)14-31(36(3,34)35)20-12-17(23(26,27)28)9-10-18(20)24/h5-10,12,15H,4,11,13-14H2,1-3H3,(H,29,33)/t15-/m1/s1. The van der Waals surface area contributed by atoms with Crippen molar-refractivity contribution in [2.45, 2.75) is 39.0 Å². The highest BCUT2D eigenvalue weighted by Crippen LogP contribution is 2.36. The number of alkyl halides is 3. The maximum atomic E-state index is 14.3. The normalized spacial score (nSPS) is 12.7. The molecule has 2 rings (SSSR count). The van der Waals surface area contributed by atoms with Crippen molar-refractivity contribution in [1.82, 2.24) is 10.2 Å². The van der Waals surface area contributed by atoms with Gasteiger partial charge in [0.15, 0.2) is 0 Å². The Labute approximate surface area is 212 Å². The fraction of sp³-hybridized carbons (Fsp3) is 0.391. The lowest BCUT2D eigenvalue weighted by Crippen LogP contribution is -2.51. The Morgan fingerprint density at radius 1 is 1.14 bits per heavy atom. The molecule has 0 aliphatic heterocycles. The SMILES string of the molecule is CCCNC(=O)[C@@H](C)N(Cc1ccccc1F)C(=O)CN(c1cc(C(F)(F)F)ccc1Cl)S(C)(=O)=O.